The van der Waals surface area contributed by atoms with Crippen LogP contribution in [0.2, 0.25) is 0 Å². The molecule has 1 aromatic heterocycles. The lowest BCUT2D eigenvalue weighted by Gasteiger charge is -2.32. The normalized spacial score (nSPS) is 21.8. The fourth-order valence-electron chi connectivity index (χ4n) is 2.20. The van der Waals surface area contributed by atoms with Gasteiger partial charge in [0.25, 0.3) is 0 Å². The fraction of sp³-hybridized carbons (Fsp3) is 0.214. The molecule has 5 N–H and O–H groups in total. The third kappa shape index (κ3) is 2.42. The van der Waals surface area contributed by atoms with Crippen molar-refractivity contribution in [2.24, 2.45) is 11.5 Å². The molecule has 6 heteroatoms. The highest BCUT2D eigenvalue weighted by Gasteiger charge is 2.28. The zero-order valence-electron chi connectivity index (χ0n) is 11.1. The van der Waals surface area contributed by atoms with Gasteiger partial charge in [0.2, 0.25) is 0 Å². The van der Waals surface area contributed by atoms with Crippen LogP contribution in [0.1, 0.15) is 5.56 Å². The first-order valence-electron chi connectivity index (χ1n) is 6.23. The first kappa shape index (κ1) is 13.5. The largest absolute Gasteiger partial charge is 0.399 e. The van der Waals surface area contributed by atoms with Crippen molar-refractivity contribution in [3.05, 3.63) is 47.8 Å². The minimum Gasteiger partial charge on any atom is -0.399 e. The Bertz CT molecular complexity index is 704. The van der Waals surface area contributed by atoms with Crippen molar-refractivity contribution >= 4 is 33.3 Å². The molecule has 1 aliphatic rings. The lowest BCUT2D eigenvalue weighted by Crippen LogP contribution is -2.57. The Morgan fingerprint density at radius 3 is 3.05 bits per heavy atom. The van der Waals surface area contributed by atoms with Crippen molar-refractivity contribution in [3.8, 4) is 0 Å². The highest BCUT2D eigenvalue weighted by Crippen LogP contribution is 2.29. The number of aromatic nitrogens is 1. The van der Waals surface area contributed by atoms with Crippen LogP contribution < -0.4 is 16.8 Å². The van der Waals surface area contributed by atoms with Crippen molar-refractivity contribution in [1.82, 2.24) is 10.3 Å². The van der Waals surface area contributed by atoms with Crippen molar-refractivity contribution in [3.63, 3.8) is 0 Å². The molecule has 0 fully saturated rings. The van der Waals surface area contributed by atoms with Crippen LogP contribution in [-0.2, 0) is 6.42 Å². The van der Waals surface area contributed by atoms with Gasteiger partial charge in [0.15, 0.2) is 4.34 Å². The van der Waals surface area contributed by atoms with E-state index >= 15 is 0 Å². The van der Waals surface area contributed by atoms with E-state index < -0.39 is 5.66 Å². The number of benzene rings is 1. The van der Waals surface area contributed by atoms with Gasteiger partial charge < -0.3 is 16.8 Å². The van der Waals surface area contributed by atoms with Crippen molar-refractivity contribution < 1.29 is 0 Å². The van der Waals surface area contributed by atoms with Crippen LogP contribution in [0.4, 0.5) is 0 Å². The van der Waals surface area contributed by atoms with Gasteiger partial charge in [-0.25, -0.2) is 4.98 Å². The van der Waals surface area contributed by atoms with Crippen LogP contribution in [0, 0.1) is 0 Å². The summed E-state index contributed by atoms with van der Waals surface area (Å²) < 4.78 is 2.27. The summed E-state index contributed by atoms with van der Waals surface area (Å²) in [5.41, 5.74) is 14.5. The number of dihydropyridines is 1. The van der Waals surface area contributed by atoms with Gasteiger partial charge >= 0.3 is 0 Å². The quantitative estimate of drug-likeness (QED) is 0.758. The van der Waals surface area contributed by atoms with E-state index in [-0.39, 0.29) is 0 Å². The zero-order valence-corrected chi connectivity index (χ0v) is 12.7. The maximum Gasteiger partial charge on any atom is 0.150 e. The standard InChI is InChI=1S/C14H16N4S2/c1-19-13-18-10-5-4-9(7-11(10)20-13)8-14(16)12(15)3-2-6-17-14/h2-7,17H,8,15-16H2,1H3. The number of thiazole rings is 1. The molecule has 2 aromatic rings. The van der Waals surface area contributed by atoms with E-state index in [0.717, 1.165) is 15.4 Å². The number of rotatable bonds is 3. The van der Waals surface area contributed by atoms with Crippen molar-refractivity contribution in [2.45, 2.75) is 16.4 Å². The molecule has 1 atom stereocenters. The number of nitrogens with zero attached hydrogens (tertiary/aromatic N) is 1. The Morgan fingerprint density at radius 2 is 2.30 bits per heavy atom. The highest BCUT2D eigenvalue weighted by molar-refractivity contribution is 8.00. The average molecular weight is 304 g/mol. The SMILES string of the molecule is CSc1nc2ccc(CC3(N)NC=CC=C3N)cc2s1. The number of nitrogens with two attached hydrogens (primary N) is 2. The second-order valence-electron chi connectivity index (χ2n) is 4.76. The van der Waals surface area contributed by atoms with Crippen LogP contribution in [0.3, 0.4) is 0 Å². The van der Waals surface area contributed by atoms with Gasteiger partial charge in [-0.2, -0.15) is 0 Å². The summed E-state index contributed by atoms with van der Waals surface area (Å²) in [4.78, 5) is 4.54. The molecule has 2 heterocycles. The topological polar surface area (TPSA) is 77.0 Å². The van der Waals surface area contributed by atoms with E-state index in [2.05, 4.69) is 22.4 Å². The lowest BCUT2D eigenvalue weighted by molar-refractivity contribution is 0.433. The van der Waals surface area contributed by atoms with Gasteiger partial charge in [-0.15, -0.1) is 11.3 Å². The Kier molecular flexibility index (Phi) is 3.45. The molecule has 1 unspecified atom stereocenters. The Morgan fingerprint density at radius 1 is 1.45 bits per heavy atom. The second-order valence-corrected chi connectivity index (χ2v) is 6.84. The predicted molar refractivity (Wildman–Crippen MR) is 86.6 cm³/mol. The van der Waals surface area contributed by atoms with E-state index in [1.54, 1.807) is 23.1 Å². The van der Waals surface area contributed by atoms with E-state index in [4.69, 9.17) is 11.5 Å². The molecule has 20 heavy (non-hydrogen) atoms. The molecule has 0 saturated carbocycles. The summed E-state index contributed by atoms with van der Waals surface area (Å²) in [5.74, 6) is 0. The maximum absolute atomic E-state index is 6.34. The molecular weight excluding hydrogens is 288 g/mol. The minimum absolute atomic E-state index is 0.641. The Balaban J connectivity index is 1.91. The number of hydrogen-bond acceptors (Lipinski definition) is 6. The van der Waals surface area contributed by atoms with Gasteiger partial charge in [0.05, 0.1) is 10.2 Å². The zero-order chi connectivity index (χ0) is 14.2. The minimum atomic E-state index is -0.713. The van der Waals surface area contributed by atoms with Gasteiger partial charge in [0.1, 0.15) is 5.66 Å². The van der Waals surface area contributed by atoms with Gasteiger partial charge in [0, 0.05) is 12.1 Å². The molecular formula is C14H16N4S2. The second kappa shape index (κ2) is 5.12. The van der Waals surface area contributed by atoms with E-state index in [9.17, 15) is 0 Å². The number of allylic oxidation sites excluding steroid dienone is 2. The molecule has 4 nitrogen and oxygen atoms in total. The summed E-state index contributed by atoms with van der Waals surface area (Å²) in [6.45, 7) is 0. The van der Waals surface area contributed by atoms with Gasteiger partial charge in [-0.05, 0) is 42.3 Å². The van der Waals surface area contributed by atoms with E-state index in [1.807, 2.05) is 30.7 Å². The number of fused-ring (bicyclic) bond motifs is 1. The number of nitrogens with one attached hydrogen (secondary N) is 1. The van der Waals surface area contributed by atoms with Crippen molar-refractivity contribution in [1.29, 1.82) is 0 Å². The van der Waals surface area contributed by atoms with Crippen LogP contribution >= 0.6 is 23.1 Å². The molecule has 0 saturated heterocycles. The van der Waals surface area contributed by atoms with Crippen LogP contribution in [0.5, 0.6) is 0 Å². The van der Waals surface area contributed by atoms with E-state index in [0.29, 0.717) is 12.1 Å². The predicted octanol–water partition coefficient (Wildman–Crippen LogP) is 2.18. The fourth-order valence-corrected chi connectivity index (χ4v) is 3.75. The molecule has 0 radical (unpaired) electrons. The van der Waals surface area contributed by atoms with Crippen LogP contribution in [0.25, 0.3) is 10.2 Å². The average Bonchev–Trinajstić information content (AvgIpc) is 2.84. The monoisotopic (exact) mass is 304 g/mol. The first-order chi connectivity index (χ1) is 9.60. The van der Waals surface area contributed by atoms with Crippen LogP contribution in [-0.4, -0.2) is 16.9 Å². The third-order valence-electron chi connectivity index (χ3n) is 3.32. The molecule has 0 spiro atoms. The molecule has 104 valence electrons. The molecule has 0 aliphatic carbocycles. The smallest absolute Gasteiger partial charge is 0.150 e. The van der Waals surface area contributed by atoms with E-state index in [1.165, 1.54) is 4.70 Å². The molecule has 1 aromatic carbocycles. The van der Waals surface area contributed by atoms with Gasteiger partial charge in [-0.1, -0.05) is 17.8 Å². The number of hydrogen-bond donors (Lipinski definition) is 3. The highest BCUT2D eigenvalue weighted by atomic mass is 32.2. The molecule has 1 aliphatic heterocycles. The Labute approximate surface area is 125 Å². The lowest BCUT2D eigenvalue weighted by atomic mass is 9.95. The maximum atomic E-state index is 6.34. The summed E-state index contributed by atoms with van der Waals surface area (Å²) >= 11 is 3.37. The Hall–Kier alpha value is -1.50. The molecule has 0 amide bonds. The summed E-state index contributed by atoms with van der Waals surface area (Å²) in [5, 5.41) is 3.15. The van der Waals surface area contributed by atoms with Crippen molar-refractivity contribution in [2.75, 3.05) is 6.26 Å². The number of thioether (sulfide) groups is 1. The summed E-state index contributed by atoms with van der Waals surface area (Å²) in [6.07, 6.45) is 8.21. The van der Waals surface area contributed by atoms with Gasteiger partial charge in [-0.3, -0.25) is 0 Å². The summed E-state index contributed by atoms with van der Waals surface area (Å²) in [7, 11) is 0. The van der Waals surface area contributed by atoms with Crippen LogP contribution in [0.15, 0.2) is 46.6 Å². The first-order valence-corrected chi connectivity index (χ1v) is 8.28. The summed E-state index contributed by atoms with van der Waals surface area (Å²) in [6, 6.07) is 6.26. The third-order valence-corrected chi connectivity index (χ3v) is 5.32. The molecule has 3 rings (SSSR count). The molecule has 0 bridgehead atoms.